The van der Waals surface area contributed by atoms with Gasteiger partial charge in [0.05, 0.1) is 11.0 Å². The van der Waals surface area contributed by atoms with Gasteiger partial charge in [0.25, 0.3) is 10.1 Å². The molecule has 21 heavy (non-hydrogen) atoms. The van der Waals surface area contributed by atoms with Crippen LogP contribution in [0.3, 0.4) is 0 Å². The maximum absolute atomic E-state index is 11.9. The molecule has 0 aliphatic rings. The summed E-state index contributed by atoms with van der Waals surface area (Å²) in [6.07, 6.45) is 0.394. The molecule has 0 spiro atoms. The van der Waals surface area contributed by atoms with Gasteiger partial charge >= 0.3 is 5.97 Å². The molecule has 4 atom stereocenters. The number of carbonyl (C=O) groups is 2. The molecule has 0 aliphatic carbocycles. The first-order chi connectivity index (χ1) is 9.49. The Morgan fingerprint density at radius 2 is 1.90 bits per heavy atom. The van der Waals surface area contributed by atoms with Gasteiger partial charge in [-0.2, -0.15) is 21.0 Å². The second-order valence-electron chi connectivity index (χ2n) is 4.89. The van der Waals surface area contributed by atoms with Crippen LogP contribution >= 0.6 is 12.6 Å². The van der Waals surface area contributed by atoms with Gasteiger partial charge in [-0.25, -0.2) is 4.79 Å². The maximum atomic E-state index is 11.9. The lowest BCUT2D eigenvalue weighted by molar-refractivity contribution is -0.143. The average Bonchev–Trinajstić information content (AvgIpc) is 2.38. The SMILES string of the molecule is CC[C@H](C)[C@H](NC(=O)[C@H](S)[C@H](N)CCS(=O)(=O)O)C(=O)O. The summed E-state index contributed by atoms with van der Waals surface area (Å²) in [7, 11) is -4.17. The third-order valence-electron chi connectivity index (χ3n) is 3.16. The van der Waals surface area contributed by atoms with Crippen LogP contribution in [-0.4, -0.2) is 53.0 Å². The first-order valence-corrected chi connectivity index (χ1v) is 8.54. The summed E-state index contributed by atoms with van der Waals surface area (Å²) in [4.78, 5) is 23.0. The summed E-state index contributed by atoms with van der Waals surface area (Å²) in [5.41, 5.74) is 5.63. The van der Waals surface area contributed by atoms with Crippen molar-refractivity contribution < 1.29 is 27.7 Å². The minimum absolute atomic E-state index is 0.165. The highest BCUT2D eigenvalue weighted by molar-refractivity contribution is 7.85. The molecule has 0 bridgehead atoms. The van der Waals surface area contributed by atoms with Crippen LogP contribution in [0.4, 0.5) is 0 Å². The van der Waals surface area contributed by atoms with Gasteiger partial charge in [0.1, 0.15) is 6.04 Å². The summed E-state index contributed by atoms with van der Waals surface area (Å²) in [5.74, 6) is -2.72. The standard InChI is InChI=1S/C11H22N2O6S2/c1-3-6(2)8(11(15)16)13-10(14)9(20)7(12)4-5-21(17,18)19/h6-9,20H,3-5,12H2,1-2H3,(H,13,14)(H,15,16)(H,17,18,19)/t6-,7+,8-,9+/m0/s1. The molecule has 0 fully saturated rings. The zero-order valence-corrected chi connectivity index (χ0v) is 13.6. The normalized spacial score (nSPS) is 17.6. The van der Waals surface area contributed by atoms with Crippen molar-refractivity contribution >= 4 is 34.6 Å². The van der Waals surface area contributed by atoms with Crippen LogP contribution in [0.2, 0.25) is 0 Å². The van der Waals surface area contributed by atoms with E-state index in [-0.39, 0.29) is 12.3 Å². The average molecular weight is 342 g/mol. The summed E-state index contributed by atoms with van der Waals surface area (Å²) in [5, 5.41) is 10.3. The van der Waals surface area contributed by atoms with Crippen molar-refractivity contribution in [2.24, 2.45) is 11.7 Å². The zero-order chi connectivity index (χ0) is 16.8. The molecule has 124 valence electrons. The van der Waals surface area contributed by atoms with E-state index >= 15 is 0 Å². The second kappa shape index (κ2) is 8.57. The van der Waals surface area contributed by atoms with Crippen LogP contribution in [0.5, 0.6) is 0 Å². The molecular formula is C11H22N2O6S2. The Morgan fingerprint density at radius 3 is 2.29 bits per heavy atom. The number of hydrogen-bond donors (Lipinski definition) is 5. The predicted octanol–water partition coefficient (Wildman–Crippen LogP) is -0.494. The van der Waals surface area contributed by atoms with Crippen molar-refractivity contribution in [2.45, 2.75) is 44.0 Å². The number of nitrogens with one attached hydrogen (secondary N) is 1. The van der Waals surface area contributed by atoms with Gasteiger partial charge < -0.3 is 16.2 Å². The topological polar surface area (TPSA) is 147 Å². The van der Waals surface area contributed by atoms with E-state index in [0.717, 1.165) is 0 Å². The number of aliphatic carboxylic acids is 1. The largest absolute Gasteiger partial charge is 0.480 e. The van der Waals surface area contributed by atoms with Crippen LogP contribution in [0, 0.1) is 5.92 Å². The molecule has 0 unspecified atom stereocenters. The quantitative estimate of drug-likeness (QED) is 0.280. The van der Waals surface area contributed by atoms with E-state index in [9.17, 15) is 18.0 Å². The van der Waals surface area contributed by atoms with Crippen LogP contribution in [0.1, 0.15) is 26.7 Å². The van der Waals surface area contributed by atoms with Gasteiger partial charge in [-0.3, -0.25) is 9.35 Å². The van der Waals surface area contributed by atoms with Gasteiger partial charge in [0, 0.05) is 6.04 Å². The fourth-order valence-corrected chi connectivity index (χ4v) is 2.35. The van der Waals surface area contributed by atoms with E-state index in [4.69, 9.17) is 15.4 Å². The Hall–Kier alpha value is -0.840. The van der Waals surface area contributed by atoms with Crippen LogP contribution in [0.15, 0.2) is 0 Å². The van der Waals surface area contributed by atoms with Crippen molar-refractivity contribution in [1.29, 1.82) is 0 Å². The van der Waals surface area contributed by atoms with Crippen molar-refractivity contribution in [3.8, 4) is 0 Å². The summed E-state index contributed by atoms with van der Waals surface area (Å²) < 4.78 is 29.9. The number of rotatable bonds is 9. The first-order valence-electron chi connectivity index (χ1n) is 6.41. The number of carboxylic acids is 1. The molecule has 0 heterocycles. The molecule has 0 aromatic carbocycles. The maximum Gasteiger partial charge on any atom is 0.326 e. The van der Waals surface area contributed by atoms with Crippen LogP contribution in [-0.2, 0) is 19.7 Å². The van der Waals surface area contributed by atoms with Crippen molar-refractivity contribution in [3.63, 3.8) is 0 Å². The third-order valence-corrected chi connectivity index (χ3v) is 4.53. The number of carbonyl (C=O) groups excluding carboxylic acids is 1. The lowest BCUT2D eigenvalue weighted by atomic mass is 9.99. The van der Waals surface area contributed by atoms with E-state index in [1.54, 1.807) is 13.8 Å². The molecule has 0 radical (unpaired) electrons. The molecular weight excluding hydrogens is 320 g/mol. The summed E-state index contributed by atoms with van der Waals surface area (Å²) in [6.45, 7) is 3.48. The smallest absolute Gasteiger partial charge is 0.326 e. The first kappa shape index (κ1) is 20.2. The Morgan fingerprint density at radius 1 is 1.38 bits per heavy atom. The number of amides is 1. The molecule has 0 saturated carbocycles. The Kier molecular flexibility index (Phi) is 8.22. The van der Waals surface area contributed by atoms with Crippen LogP contribution < -0.4 is 11.1 Å². The van der Waals surface area contributed by atoms with Crippen molar-refractivity contribution in [1.82, 2.24) is 5.32 Å². The fraction of sp³-hybridized carbons (Fsp3) is 0.818. The van der Waals surface area contributed by atoms with Crippen molar-refractivity contribution in [3.05, 3.63) is 0 Å². The van der Waals surface area contributed by atoms with Gasteiger partial charge in [-0.05, 0) is 12.3 Å². The third kappa shape index (κ3) is 7.65. The van der Waals surface area contributed by atoms with Crippen LogP contribution in [0.25, 0.3) is 0 Å². The summed E-state index contributed by atoms with van der Waals surface area (Å²) >= 11 is 3.98. The monoisotopic (exact) mass is 342 g/mol. The Labute approximate surface area is 129 Å². The number of nitrogens with two attached hydrogens (primary N) is 1. The van der Waals surface area contributed by atoms with Gasteiger partial charge in [0.2, 0.25) is 5.91 Å². The van der Waals surface area contributed by atoms with Crippen molar-refractivity contribution in [2.75, 3.05) is 5.75 Å². The highest BCUT2D eigenvalue weighted by atomic mass is 32.2. The minimum atomic E-state index is -4.17. The van der Waals surface area contributed by atoms with Gasteiger partial charge in [-0.1, -0.05) is 20.3 Å². The highest BCUT2D eigenvalue weighted by Crippen LogP contribution is 2.11. The molecule has 5 N–H and O–H groups in total. The molecule has 1 amide bonds. The molecule has 8 nitrogen and oxygen atoms in total. The minimum Gasteiger partial charge on any atom is -0.480 e. The second-order valence-corrected chi connectivity index (χ2v) is 7.02. The molecule has 0 aromatic heterocycles. The van der Waals surface area contributed by atoms with Gasteiger partial charge in [0.15, 0.2) is 0 Å². The molecule has 0 saturated heterocycles. The number of hydrogen-bond acceptors (Lipinski definition) is 6. The number of carboxylic acid groups (broad SMARTS) is 1. The Bertz CT molecular complexity index is 467. The fourth-order valence-electron chi connectivity index (χ4n) is 1.56. The zero-order valence-electron chi connectivity index (χ0n) is 11.9. The number of thiol groups is 1. The van der Waals surface area contributed by atoms with E-state index in [2.05, 4.69) is 17.9 Å². The molecule has 0 aliphatic heterocycles. The van der Waals surface area contributed by atoms with E-state index in [1.807, 2.05) is 0 Å². The molecule has 0 aromatic rings. The molecule has 0 rings (SSSR count). The predicted molar refractivity (Wildman–Crippen MR) is 80.8 cm³/mol. The lowest BCUT2D eigenvalue weighted by Gasteiger charge is -2.24. The van der Waals surface area contributed by atoms with Gasteiger partial charge in [-0.15, -0.1) is 0 Å². The Balaban J connectivity index is 4.65. The highest BCUT2D eigenvalue weighted by Gasteiger charge is 2.30. The summed E-state index contributed by atoms with van der Waals surface area (Å²) in [6, 6.07) is -1.99. The molecule has 10 heteroatoms. The van der Waals surface area contributed by atoms with E-state index in [1.165, 1.54) is 0 Å². The lowest BCUT2D eigenvalue weighted by Crippen LogP contribution is -2.51. The van der Waals surface area contributed by atoms with E-state index < -0.39 is 45.1 Å². The van der Waals surface area contributed by atoms with E-state index in [0.29, 0.717) is 6.42 Å².